The van der Waals surface area contributed by atoms with Crippen LogP contribution in [0.1, 0.15) is 5.82 Å². The monoisotopic (exact) mass is 281 g/mol. The maximum atomic E-state index is 11.9. The van der Waals surface area contributed by atoms with Crippen molar-refractivity contribution in [2.75, 3.05) is 24.8 Å². The molecule has 90 valence electrons. The highest BCUT2D eigenvalue weighted by molar-refractivity contribution is 8.88. The van der Waals surface area contributed by atoms with Gasteiger partial charge >= 0.3 is 5.77 Å². The van der Waals surface area contributed by atoms with Crippen molar-refractivity contribution < 1.29 is 9.09 Å². The highest BCUT2D eigenvalue weighted by Crippen LogP contribution is 2.68. The van der Waals surface area contributed by atoms with Gasteiger partial charge in [0, 0.05) is 7.11 Å². The Labute approximate surface area is 101 Å². The van der Waals surface area contributed by atoms with Gasteiger partial charge in [0.05, 0.1) is 5.75 Å². The summed E-state index contributed by atoms with van der Waals surface area (Å²) in [5.41, 5.74) is 10.8. The van der Waals surface area contributed by atoms with Crippen LogP contribution in [-0.4, -0.2) is 28.3 Å². The predicted molar refractivity (Wildman–Crippen MR) is 68.1 cm³/mol. The third kappa shape index (κ3) is 3.82. The lowest BCUT2D eigenvalue weighted by Gasteiger charge is -2.11. The van der Waals surface area contributed by atoms with Crippen LogP contribution in [-0.2, 0) is 14.8 Å². The van der Waals surface area contributed by atoms with E-state index in [1.54, 1.807) is 6.26 Å². The first kappa shape index (κ1) is 13.6. The summed E-state index contributed by atoms with van der Waals surface area (Å²) in [6, 6.07) is 0. The third-order valence-electron chi connectivity index (χ3n) is 1.52. The first-order valence-corrected chi connectivity index (χ1v) is 9.15. The first-order chi connectivity index (χ1) is 7.49. The Morgan fingerprint density at radius 3 is 2.31 bits per heavy atom. The van der Waals surface area contributed by atoms with Crippen LogP contribution < -0.4 is 11.5 Å². The van der Waals surface area contributed by atoms with Crippen molar-refractivity contribution in [1.29, 1.82) is 0 Å². The molecule has 0 aliphatic heterocycles. The van der Waals surface area contributed by atoms with Crippen molar-refractivity contribution in [2.45, 2.75) is 5.75 Å². The van der Waals surface area contributed by atoms with Gasteiger partial charge in [0.2, 0.25) is 11.9 Å². The van der Waals surface area contributed by atoms with Crippen molar-refractivity contribution in [1.82, 2.24) is 15.0 Å². The fourth-order valence-electron chi connectivity index (χ4n) is 0.838. The Morgan fingerprint density at radius 2 is 1.88 bits per heavy atom. The summed E-state index contributed by atoms with van der Waals surface area (Å²) in [6.45, 7) is 0. The Morgan fingerprint density at radius 1 is 1.31 bits per heavy atom. The second-order valence-corrected chi connectivity index (χ2v) is 10.2. The number of hydrogen-bond donors (Lipinski definition) is 2. The molecule has 0 aliphatic carbocycles. The minimum Gasteiger partial charge on any atom is -0.368 e. The Balaban J connectivity index is 2.71. The minimum atomic E-state index is -2.73. The summed E-state index contributed by atoms with van der Waals surface area (Å²) >= 11 is 2.29. The number of nitrogens with zero attached hydrogens (tertiary/aromatic N) is 3. The van der Waals surface area contributed by atoms with Crippen molar-refractivity contribution in [3.05, 3.63) is 5.82 Å². The fraction of sp³-hybridized carbons (Fsp3) is 0.500. The minimum absolute atomic E-state index is 0.0551. The molecule has 1 aromatic rings. The van der Waals surface area contributed by atoms with Gasteiger partial charge in [-0.1, -0.05) is 22.8 Å². The molecule has 0 spiro atoms. The van der Waals surface area contributed by atoms with Gasteiger partial charge in [-0.3, -0.25) is 4.57 Å². The van der Waals surface area contributed by atoms with Crippen molar-refractivity contribution in [3.8, 4) is 0 Å². The zero-order chi connectivity index (χ0) is 12.2. The molecule has 10 heteroatoms. The molecule has 0 aromatic carbocycles. The van der Waals surface area contributed by atoms with Crippen molar-refractivity contribution in [2.24, 2.45) is 0 Å². The molecule has 0 aliphatic rings. The van der Waals surface area contributed by atoms with Crippen LogP contribution in [0.15, 0.2) is 0 Å². The standard InChI is InChI=1S/C6H12N5O2PS2/c1-13-14(12,15-2)16-3-4-9-5(7)11-6(8)10-4/h3H2,1-2H3,(H4,7,8,9,10,11). The molecule has 1 unspecified atom stereocenters. The largest absolute Gasteiger partial charge is 0.368 e. The topological polar surface area (TPSA) is 117 Å². The molecule has 7 nitrogen and oxygen atoms in total. The maximum absolute atomic E-state index is 11.9. The number of aromatic nitrogens is 3. The molecule has 0 bridgehead atoms. The van der Waals surface area contributed by atoms with Gasteiger partial charge in [0.1, 0.15) is 5.82 Å². The Bertz CT molecular complexity index is 390. The number of nitrogen functional groups attached to an aromatic ring is 2. The van der Waals surface area contributed by atoms with E-state index in [9.17, 15) is 4.57 Å². The van der Waals surface area contributed by atoms with Gasteiger partial charge in [-0.15, -0.1) is 0 Å². The van der Waals surface area contributed by atoms with Crippen LogP contribution >= 0.6 is 28.5 Å². The molecule has 1 aromatic heterocycles. The molecule has 1 atom stereocenters. The van der Waals surface area contributed by atoms with Crippen LogP contribution in [0.2, 0.25) is 0 Å². The zero-order valence-corrected chi connectivity index (χ0v) is 11.3. The smallest absolute Gasteiger partial charge is 0.313 e. The van der Waals surface area contributed by atoms with Crippen LogP contribution in [0.25, 0.3) is 0 Å². The average molecular weight is 281 g/mol. The molecule has 0 radical (unpaired) electrons. The number of rotatable bonds is 5. The summed E-state index contributed by atoms with van der Waals surface area (Å²) < 4.78 is 16.8. The van der Waals surface area contributed by atoms with Crippen molar-refractivity contribution in [3.63, 3.8) is 0 Å². The Hall–Kier alpha value is -0.500. The van der Waals surface area contributed by atoms with Crippen molar-refractivity contribution >= 4 is 40.4 Å². The molecule has 0 saturated heterocycles. The second kappa shape index (κ2) is 5.72. The lowest BCUT2D eigenvalue weighted by molar-refractivity contribution is 0.424. The van der Waals surface area contributed by atoms with E-state index in [0.717, 1.165) is 22.8 Å². The molecule has 0 amide bonds. The SMILES string of the molecule is COP(=O)(SC)SCc1nc(N)nc(N)n1. The summed E-state index contributed by atoms with van der Waals surface area (Å²) in [5, 5.41) is 0. The molecular weight excluding hydrogens is 269 g/mol. The normalized spacial score (nSPS) is 14.6. The maximum Gasteiger partial charge on any atom is 0.313 e. The zero-order valence-electron chi connectivity index (χ0n) is 8.78. The van der Waals surface area contributed by atoms with Gasteiger partial charge in [0.25, 0.3) is 0 Å². The fourth-order valence-corrected chi connectivity index (χ4v) is 4.92. The van der Waals surface area contributed by atoms with Gasteiger partial charge in [-0.25, -0.2) is 0 Å². The van der Waals surface area contributed by atoms with E-state index in [2.05, 4.69) is 15.0 Å². The van der Waals surface area contributed by atoms with E-state index in [0.29, 0.717) is 11.6 Å². The van der Waals surface area contributed by atoms with Gasteiger partial charge in [-0.2, -0.15) is 15.0 Å². The van der Waals surface area contributed by atoms with E-state index in [1.807, 2.05) is 0 Å². The van der Waals surface area contributed by atoms with Crippen LogP contribution in [0, 0.1) is 0 Å². The summed E-state index contributed by atoms with van der Waals surface area (Å²) in [5.74, 6) is -1.92. The second-order valence-electron chi connectivity index (χ2n) is 2.55. The van der Waals surface area contributed by atoms with Crippen LogP contribution in [0.3, 0.4) is 0 Å². The molecule has 0 fully saturated rings. The lowest BCUT2D eigenvalue weighted by atomic mass is 10.7. The number of anilines is 2. The van der Waals surface area contributed by atoms with E-state index in [1.165, 1.54) is 7.11 Å². The first-order valence-electron chi connectivity index (χ1n) is 4.11. The third-order valence-corrected chi connectivity index (χ3v) is 8.98. The molecule has 1 rings (SSSR count). The quantitative estimate of drug-likeness (QED) is 0.772. The molecular formula is C6H12N5O2PS2. The van der Waals surface area contributed by atoms with Gasteiger partial charge in [-0.05, 0) is 6.26 Å². The average Bonchev–Trinajstić information content (AvgIpc) is 2.25. The van der Waals surface area contributed by atoms with Crippen LogP contribution in [0.5, 0.6) is 0 Å². The number of hydrogen-bond acceptors (Lipinski definition) is 9. The summed E-state index contributed by atoms with van der Waals surface area (Å²) in [6.07, 6.45) is 1.72. The highest BCUT2D eigenvalue weighted by Gasteiger charge is 2.21. The Kier molecular flexibility index (Phi) is 4.85. The number of nitrogens with two attached hydrogens (primary N) is 2. The molecule has 16 heavy (non-hydrogen) atoms. The lowest BCUT2D eigenvalue weighted by Crippen LogP contribution is -2.05. The van der Waals surface area contributed by atoms with Gasteiger partial charge in [0.15, 0.2) is 0 Å². The predicted octanol–water partition coefficient (Wildman–Crippen LogP) is 1.39. The summed E-state index contributed by atoms with van der Waals surface area (Å²) in [7, 11) is 1.40. The van der Waals surface area contributed by atoms with E-state index < -0.39 is 5.77 Å². The molecule has 1 heterocycles. The van der Waals surface area contributed by atoms with Crippen LogP contribution in [0.4, 0.5) is 11.9 Å². The van der Waals surface area contributed by atoms with E-state index >= 15 is 0 Å². The summed E-state index contributed by atoms with van der Waals surface area (Å²) in [4.78, 5) is 11.4. The molecule has 4 N–H and O–H groups in total. The van der Waals surface area contributed by atoms with Gasteiger partial charge < -0.3 is 16.0 Å². The van der Waals surface area contributed by atoms with E-state index in [4.69, 9.17) is 16.0 Å². The van der Waals surface area contributed by atoms with E-state index in [-0.39, 0.29) is 11.9 Å². The highest BCUT2D eigenvalue weighted by atomic mass is 33.1. The molecule has 0 saturated carbocycles.